The second-order valence-corrected chi connectivity index (χ2v) is 6.40. The Hall–Kier alpha value is -3.18. The molecule has 0 aliphatic rings. The zero-order valence-electron chi connectivity index (χ0n) is 15.2. The fourth-order valence-electron chi connectivity index (χ4n) is 2.67. The lowest BCUT2D eigenvalue weighted by Gasteiger charge is -2.19. The quantitative estimate of drug-likeness (QED) is 0.563. The fourth-order valence-corrected chi connectivity index (χ4v) is 2.87. The third-order valence-corrected chi connectivity index (χ3v) is 4.25. The molecular formula is C22H19ClO5. The van der Waals surface area contributed by atoms with Crippen LogP contribution in [-0.4, -0.2) is 24.3 Å². The summed E-state index contributed by atoms with van der Waals surface area (Å²) in [6, 6.07) is 21.2. The Balaban J connectivity index is 1.86. The summed E-state index contributed by atoms with van der Waals surface area (Å²) in [6.45, 7) is 0. The summed E-state index contributed by atoms with van der Waals surface area (Å²) in [7, 11) is 1.50. The number of rotatable bonds is 8. The van der Waals surface area contributed by atoms with Crippen molar-refractivity contribution in [2.45, 2.75) is 12.5 Å². The van der Waals surface area contributed by atoms with Crippen molar-refractivity contribution in [3.63, 3.8) is 0 Å². The molecule has 0 radical (unpaired) electrons. The SMILES string of the molecule is COc1ccccc1O[C@H](Cc1cc(Cl)ccc1Oc1ccccc1)C(=O)O. The van der Waals surface area contributed by atoms with E-state index in [9.17, 15) is 9.90 Å². The first-order chi connectivity index (χ1) is 13.6. The molecule has 0 aromatic heterocycles. The third kappa shape index (κ3) is 4.96. The summed E-state index contributed by atoms with van der Waals surface area (Å²) in [5.74, 6) is 0.871. The molecular weight excluding hydrogens is 380 g/mol. The zero-order chi connectivity index (χ0) is 19.9. The minimum atomic E-state index is -1.15. The van der Waals surface area contributed by atoms with Crippen molar-refractivity contribution in [2.75, 3.05) is 7.11 Å². The highest BCUT2D eigenvalue weighted by atomic mass is 35.5. The average Bonchev–Trinajstić information content (AvgIpc) is 2.70. The molecule has 144 valence electrons. The van der Waals surface area contributed by atoms with Gasteiger partial charge in [-0.15, -0.1) is 0 Å². The summed E-state index contributed by atoms with van der Waals surface area (Å²) in [6.07, 6.45) is -1.08. The molecule has 0 saturated heterocycles. The summed E-state index contributed by atoms with van der Waals surface area (Å²) in [5.41, 5.74) is 0.624. The topological polar surface area (TPSA) is 65.0 Å². The lowest BCUT2D eigenvalue weighted by Crippen LogP contribution is -2.29. The zero-order valence-corrected chi connectivity index (χ0v) is 15.9. The Bertz CT molecular complexity index is 943. The fraction of sp³-hybridized carbons (Fsp3) is 0.136. The normalized spacial score (nSPS) is 11.5. The number of benzene rings is 3. The van der Waals surface area contributed by atoms with Crippen LogP contribution >= 0.6 is 11.6 Å². The molecule has 0 spiro atoms. The number of para-hydroxylation sites is 3. The van der Waals surface area contributed by atoms with Crippen LogP contribution in [0.3, 0.4) is 0 Å². The molecule has 5 nitrogen and oxygen atoms in total. The highest BCUT2D eigenvalue weighted by molar-refractivity contribution is 6.30. The number of carboxylic acids is 1. The molecule has 0 unspecified atom stereocenters. The van der Waals surface area contributed by atoms with Gasteiger partial charge in [-0.2, -0.15) is 0 Å². The molecule has 0 fully saturated rings. The molecule has 1 atom stereocenters. The molecule has 28 heavy (non-hydrogen) atoms. The minimum Gasteiger partial charge on any atom is -0.493 e. The Kier molecular flexibility index (Phi) is 6.40. The number of halogens is 1. The summed E-state index contributed by atoms with van der Waals surface area (Å²) in [5, 5.41) is 10.2. The van der Waals surface area contributed by atoms with Crippen LogP contribution in [0, 0.1) is 0 Å². The van der Waals surface area contributed by atoms with E-state index in [0.29, 0.717) is 33.6 Å². The highest BCUT2D eigenvalue weighted by Crippen LogP contribution is 2.31. The lowest BCUT2D eigenvalue weighted by molar-refractivity contribution is -0.145. The molecule has 0 aliphatic carbocycles. The van der Waals surface area contributed by atoms with E-state index in [4.69, 9.17) is 25.8 Å². The highest BCUT2D eigenvalue weighted by Gasteiger charge is 2.24. The minimum absolute atomic E-state index is 0.0656. The van der Waals surface area contributed by atoms with Crippen molar-refractivity contribution in [2.24, 2.45) is 0 Å². The maximum Gasteiger partial charge on any atom is 0.345 e. The molecule has 3 rings (SSSR count). The van der Waals surface area contributed by atoms with Crippen LogP contribution < -0.4 is 14.2 Å². The van der Waals surface area contributed by atoms with Gasteiger partial charge in [0.05, 0.1) is 7.11 Å². The van der Waals surface area contributed by atoms with E-state index in [-0.39, 0.29) is 6.42 Å². The van der Waals surface area contributed by atoms with Crippen LogP contribution in [0.1, 0.15) is 5.56 Å². The van der Waals surface area contributed by atoms with E-state index in [1.165, 1.54) is 7.11 Å². The van der Waals surface area contributed by atoms with E-state index < -0.39 is 12.1 Å². The van der Waals surface area contributed by atoms with Crippen molar-refractivity contribution in [3.05, 3.63) is 83.4 Å². The van der Waals surface area contributed by atoms with Crippen molar-refractivity contribution in [1.29, 1.82) is 0 Å². The van der Waals surface area contributed by atoms with Crippen LogP contribution in [0.4, 0.5) is 0 Å². The number of carbonyl (C=O) groups is 1. The summed E-state index contributed by atoms with van der Waals surface area (Å²) < 4.78 is 16.9. The maximum atomic E-state index is 11.8. The second kappa shape index (κ2) is 9.15. The number of methoxy groups -OCH3 is 1. The standard InChI is InChI=1S/C22H19ClO5/c1-26-19-9-5-6-10-20(19)28-21(22(24)25)14-15-13-16(23)11-12-18(15)27-17-7-3-2-4-8-17/h2-13,21H,14H2,1H3,(H,24,25)/t21-/m1/s1. The van der Waals surface area contributed by atoms with Crippen molar-refractivity contribution < 1.29 is 24.1 Å². The van der Waals surface area contributed by atoms with E-state index in [1.807, 2.05) is 30.3 Å². The van der Waals surface area contributed by atoms with Gasteiger partial charge in [0, 0.05) is 17.0 Å². The summed E-state index contributed by atoms with van der Waals surface area (Å²) in [4.78, 5) is 11.8. The number of carboxylic acid groups (broad SMARTS) is 1. The Morgan fingerprint density at radius 3 is 2.32 bits per heavy atom. The van der Waals surface area contributed by atoms with Crippen molar-refractivity contribution in [3.8, 4) is 23.0 Å². The second-order valence-electron chi connectivity index (χ2n) is 5.97. The monoisotopic (exact) mass is 398 g/mol. The van der Waals surface area contributed by atoms with Gasteiger partial charge >= 0.3 is 5.97 Å². The van der Waals surface area contributed by atoms with Gasteiger partial charge in [0.1, 0.15) is 11.5 Å². The van der Waals surface area contributed by atoms with Crippen molar-refractivity contribution >= 4 is 17.6 Å². The Morgan fingerprint density at radius 1 is 0.964 bits per heavy atom. The van der Waals surface area contributed by atoms with Crippen LogP contribution in [0.2, 0.25) is 5.02 Å². The predicted octanol–water partition coefficient (Wildman–Crippen LogP) is 5.22. The maximum absolute atomic E-state index is 11.8. The van der Waals surface area contributed by atoms with E-state index in [2.05, 4.69) is 0 Å². The van der Waals surface area contributed by atoms with Gasteiger partial charge in [-0.25, -0.2) is 4.79 Å². The summed E-state index contributed by atoms with van der Waals surface area (Å²) >= 11 is 6.13. The van der Waals surface area contributed by atoms with Crippen LogP contribution in [0.5, 0.6) is 23.0 Å². The van der Waals surface area contributed by atoms with Crippen LogP contribution in [0.15, 0.2) is 72.8 Å². The van der Waals surface area contributed by atoms with Crippen LogP contribution in [0.25, 0.3) is 0 Å². The molecule has 3 aromatic rings. The van der Waals surface area contributed by atoms with E-state index >= 15 is 0 Å². The molecule has 3 aromatic carbocycles. The molecule has 0 aliphatic heterocycles. The third-order valence-electron chi connectivity index (χ3n) is 4.01. The molecule has 0 bridgehead atoms. The van der Waals surface area contributed by atoms with Gasteiger partial charge in [-0.05, 0) is 42.5 Å². The van der Waals surface area contributed by atoms with E-state index in [0.717, 1.165) is 0 Å². The number of hydrogen-bond acceptors (Lipinski definition) is 4. The van der Waals surface area contributed by atoms with Gasteiger partial charge < -0.3 is 19.3 Å². The van der Waals surface area contributed by atoms with Crippen molar-refractivity contribution in [1.82, 2.24) is 0 Å². The Morgan fingerprint density at radius 2 is 1.64 bits per heavy atom. The number of ether oxygens (including phenoxy) is 3. The van der Waals surface area contributed by atoms with E-state index in [1.54, 1.807) is 42.5 Å². The molecule has 0 heterocycles. The van der Waals surface area contributed by atoms with Gasteiger partial charge in [-0.3, -0.25) is 0 Å². The van der Waals surface area contributed by atoms with Gasteiger partial charge in [-0.1, -0.05) is 41.9 Å². The lowest BCUT2D eigenvalue weighted by atomic mass is 10.1. The largest absolute Gasteiger partial charge is 0.493 e. The first-order valence-corrected chi connectivity index (χ1v) is 8.98. The van der Waals surface area contributed by atoms with Gasteiger partial charge in [0.25, 0.3) is 0 Å². The van der Waals surface area contributed by atoms with Crippen LogP contribution in [-0.2, 0) is 11.2 Å². The predicted molar refractivity (Wildman–Crippen MR) is 107 cm³/mol. The molecule has 6 heteroatoms. The molecule has 0 amide bonds. The number of hydrogen-bond donors (Lipinski definition) is 1. The first-order valence-electron chi connectivity index (χ1n) is 8.60. The number of aliphatic carboxylic acids is 1. The molecule has 0 saturated carbocycles. The average molecular weight is 399 g/mol. The van der Waals surface area contributed by atoms with Gasteiger partial charge in [0.2, 0.25) is 0 Å². The molecule has 1 N–H and O–H groups in total. The smallest absolute Gasteiger partial charge is 0.345 e. The Labute approximate surface area is 168 Å². The van der Waals surface area contributed by atoms with Gasteiger partial charge in [0.15, 0.2) is 17.6 Å². The first kappa shape index (κ1) is 19.6.